The number of rotatable bonds is 3. The van der Waals surface area contributed by atoms with E-state index in [1.807, 2.05) is 0 Å². The predicted molar refractivity (Wildman–Crippen MR) is 90.9 cm³/mol. The lowest BCUT2D eigenvalue weighted by Crippen LogP contribution is -2.28. The molecule has 1 aromatic carbocycles. The highest BCUT2D eigenvalue weighted by atomic mass is 19.1. The first-order valence-electron chi connectivity index (χ1n) is 7.69. The number of carboxylic acids is 1. The number of allylic oxidation sites excluding steroid dienone is 1. The summed E-state index contributed by atoms with van der Waals surface area (Å²) in [5, 5.41) is 8.83. The van der Waals surface area contributed by atoms with Crippen molar-refractivity contribution in [3.05, 3.63) is 46.3 Å². The number of nitrogens with zero attached hydrogens (tertiary/aromatic N) is 2. The van der Waals surface area contributed by atoms with Crippen molar-refractivity contribution < 1.29 is 18.7 Å². The van der Waals surface area contributed by atoms with Crippen molar-refractivity contribution in [3.63, 3.8) is 0 Å². The molecule has 0 bridgehead atoms. The summed E-state index contributed by atoms with van der Waals surface area (Å²) in [6, 6.07) is 0.693. The van der Waals surface area contributed by atoms with E-state index < -0.39 is 28.6 Å². The molecule has 3 rings (SSSR count). The molecule has 1 fully saturated rings. The number of nitrogens with two attached hydrogens (primary N) is 1. The van der Waals surface area contributed by atoms with Gasteiger partial charge in [0.25, 0.3) is 0 Å². The zero-order chi connectivity index (χ0) is 18.5. The molecule has 8 heteroatoms. The molecule has 0 radical (unpaired) electrons. The highest BCUT2D eigenvalue weighted by Gasteiger charge is 2.28. The largest absolute Gasteiger partial charge is 0.477 e. The Morgan fingerprint density at radius 1 is 1.44 bits per heavy atom. The van der Waals surface area contributed by atoms with Gasteiger partial charge in [0.2, 0.25) is 5.43 Å². The molecule has 0 spiro atoms. The summed E-state index contributed by atoms with van der Waals surface area (Å²) >= 11 is 0. The summed E-state index contributed by atoms with van der Waals surface area (Å²) in [4.78, 5) is 25.1. The van der Waals surface area contributed by atoms with Gasteiger partial charge in [-0.25, -0.2) is 13.6 Å². The average Bonchev–Trinajstić information content (AvgIpc) is 2.93. The van der Waals surface area contributed by atoms with Gasteiger partial charge in [-0.1, -0.05) is 6.58 Å². The van der Waals surface area contributed by atoms with Crippen molar-refractivity contribution in [1.82, 2.24) is 4.57 Å². The third-order valence-electron chi connectivity index (χ3n) is 4.34. The molecule has 1 aliphatic rings. The Morgan fingerprint density at radius 2 is 2.12 bits per heavy atom. The summed E-state index contributed by atoms with van der Waals surface area (Å²) < 4.78 is 30.9. The Morgan fingerprint density at radius 3 is 2.64 bits per heavy atom. The molecule has 132 valence electrons. The summed E-state index contributed by atoms with van der Waals surface area (Å²) in [6.07, 6.45) is 1.61. The van der Waals surface area contributed by atoms with Gasteiger partial charge in [0.1, 0.15) is 17.1 Å². The molecule has 1 aliphatic heterocycles. The van der Waals surface area contributed by atoms with Crippen molar-refractivity contribution in [3.8, 4) is 0 Å². The van der Waals surface area contributed by atoms with Gasteiger partial charge in [0.05, 0.1) is 10.9 Å². The molecule has 0 amide bonds. The summed E-state index contributed by atoms with van der Waals surface area (Å²) in [5.74, 6) is -3.33. The Kier molecular flexibility index (Phi) is 4.08. The van der Waals surface area contributed by atoms with E-state index in [0.717, 1.165) is 16.8 Å². The molecule has 6 nitrogen and oxygen atoms in total. The van der Waals surface area contributed by atoms with Crippen LogP contribution in [0.4, 0.5) is 14.5 Å². The van der Waals surface area contributed by atoms with Crippen LogP contribution in [0, 0.1) is 11.6 Å². The molecular weight excluding hydrogens is 332 g/mol. The van der Waals surface area contributed by atoms with Crippen LogP contribution in [0.3, 0.4) is 0 Å². The number of aromatic nitrogens is 1. The summed E-state index contributed by atoms with van der Waals surface area (Å²) in [5.41, 5.74) is 4.12. The standard InChI is InChI=1S/C17H17F2N3O3/c1-8(2)22-7-11(17(24)25)16(23)10-5-12(18)15(13(19)14(10)22)21-4-3-9(20)6-21/h5,7,9H,1,3-4,6,20H2,2H3,(H,24,25). The second-order valence-corrected chi connectivity index (χ2v) is 6.19. The van der Waals surface area contributed by atoms with Crippen LogP contribution in [-0.2, 0) is 0 Å². The van der Waals surface area contributed by atoms with Gasteiger partial charge in [0.15, 0.2) is 5.82 Å². The van der Waals surface area contributed by atoms with Crippen LogP contribution < -0.4 is 16.1 Å². The van der Waals surface area contributed by atoms with Crippen LogP contribution in [0.5, 0.6) is 0 Å². The second kappa shape index (κ2) is 5.96. The van der Waals surface area contributed by atoms with Crippen LogP contribution in [0.25, 0.3) is 16.6 Å². The van der Waals surface area contributed by atoms with Crippen molar-refractivity contribution >= 4 is 28.3 Å². The lowest BCUT2D eigenvalue weighted by Gasteiger charge is -2.22. The van der Waals surface area contributed by atoms with Gasteiger partial charge in [-0.05, 0) is 19.4 Å². The van der Waals surface area contributed by atoms with Gasteiger partial charge in [-0.2, -0.15) is 0 Å². The molecule has 1 unspecified atom stereocenters. The highest BCUT2D eigenvalue weighted by Crippen LogP contribution is 2.32. The normalized spacial score (nSPS) is 17.3. The third-order valence-corrected chi connectivity index (χ3v) is 4.34. The van der Waals surface area contributed by atoms with E-state index in [0.29, 0.717) is 25.2 Å². The van der Waals surface area contributed by atoms with E-state index in [1.165, 1.54) is 11.8 Å². The Labute approximate surface area is 141 Å². The minimum absolute atomic E-state index is 0.188. The maximum Gasteiger partial charge on any atom is 0.341 e. The monoisotopic (exact) mass is 349 g/mol. The molecule has 2 heterocycles. The second-order valence-electron chi connectivity index (χ2n) is 6.19. The first-order valence-corrected chi connectivity index (χ1v) is 7.69. The Balaban J connectivity index is 2.40. The zero-order valence-electron chi connectivity index (χ0n) is 13.6. The van der Waals surface area contributed by atoms with Crippen molar-refractivity contribution in [2.24, 2.45) is 5.73 Å². The average molecular weight is 349 g/mol. The SMILES string of the molecule is C=C(C)n1cc(C(=O)O)c(=O)c2cc(F)c(N3CCC(N)C3)c(F)c21. The van der Waals surface area contributed by atoms with Gasteiger partial charge >= 0.3 is 5.97 Å². The van der Waals surface area contributed by atoms with Crippen molar-refractivity contribution in [1.29, 1.82) is 0 Å². The van der Waals surface area contributed by atoms with Crippen LogP contribution >= 0.6 is 0 Å². The van der Waals surface area contributed by atoms with Gasteiger partial charge in [-0.3, -0.25) is 4.79 Å². The number of fused-ring (bicyclic) bond motifs is 1. The molecule has 3 N–H and O–H groups in total. The first kappa shape index (κ1) is 17.1. The molecule has 0 aliphatic carbocycles. The molecular formula is C17H17F2N3O3. The number of anilines is 1. The fourth-order valence-corrected chi connectivity index (χ4v) is 3.14. The molecule has 1 atom stereocenters. The summed E-state index contributed by atoms with van der Waals surface area (Å²) in [6.45, 7) is 5.90. The van der Waals surface area contributed by atoms with E-state index in [2.05, 4.69) is 6.58 Å². The van der Waals surface area contributed by atoms with E-state index in [-0.39, 0.29) is 22.6 Å². The number of halogens is 2. The number of pyridine rings is 1. The number of aromatic carboxylic acids is 1. The molecule has 0 saturated carbocycles. The molecule has 2 aromatic rings. The Bertz CT molecular complexity index is 968. The molecule has 25 heavy (non-hydrogen) atoms. The predicted octanol–water partition coefficient (Wildman–Crippen LogP) is 2.01. The smallest absolute Gasteiger partial charge is 0.341 e. The maximum absolute atomic E-state index is 15.2. The topological polar surface area (TPSA) is 88.6 Å². The quantitative estimate of drug-likeness (QED) is 0.885. The minimum Gasteiger partial charge on any atom is -0.477 e. The van der Waals surface area contributed by atoms with E-state index in [4.69, 9.17) is 5.73 Å². The van der Waals surface area contributed by atoms with Crippen LogP contribution in [0.1, 0.15) is 23.7 Å². The molecule has 1 saturated heterocycles. The Hall–Kier alpha value is -2.74. The zero-order valence-corrected chi connectivity index (χ0v) is 13.6. The van der Waals surface area contributed by atoms with Crippen LogP contribution in [-0.4, -0.2) is 34.8 Å². The number of carboxylic acid groups (broad SMARTS) is 1. The fourth-order valence-electron chi connectivity index (χ4n) is 3.14. The van der Waals surface area contributed by atoms with Crippen molar-refractivity contribution in [2.75, 3.05) is 18.0 Å². The van der Waals surface area contributed by atoms with E-state index in [9.17, 15) is 19.1 Å². The maximum atomic E-state index is 15.2. The third kappa shape index (κ3) is 2.68. The number of hydrogen-bond donors (Lipinski definition) is 2. The lowest BCUT2D eigenvalue weighted by molar-refractivity contribution is 0.0695. The van der Waals surface area contributed by atoms with Crippen LogP contribution in [0.2, 0.25) is 0 Å². The number of carbonyl (C=O) groups is 1. The first-order chi connectivity index (χ1) is 11.7. The lowest BCUT2D eigenvalue weighted by atomic mass is 10.1. The van der Waals surface area contributed by atoms with E-state index in [1.54, 1.807) is 0 Å². The van der Waals surface area contributed by atoms with Crippen LogP contribution in [0.15, 0.2) is 23.6 Å². The summed E-state index contributed by atoms with van der Waals surface area (Å²) in [7, 11) is 0. The fraction of sp³-hybridized carbons (Fsp3) is 0.294. The number of benzene rings is 1. The van der Waals surface area contributed by atoms with Gasteiger partial charge in [-0.15, -0.1) is 0 Å². The highest BCUT2D eigenvalue weighted by molar-refractivity contribution is 5.95. The van der Waals surface area contributed by atoms with Gasteiger partial charge < -0.3 is 20.3 Å². The van der Waals surface area contributed by atoms with Gasteiger partial charge in [0, 0.05) is 31.0 Å². The van der Waals surface area contributed by atoms with E-state index >= 15 is 4.39 Å². The minimum atomic E-state index is -1.47. The van der Waals surface area contributed by atoms with Crippen molar-refractivity contribution in [2.45, 2.75) is 19.4 Å². The molecule has 1 aromatic heterocycles. The number of hydrogen-bond acceptors (Lipinski definition) is 4.